The van der Waals surface area contributed by atoms with Crippen LogP contribution in [0.1, 0.15) is 23.3 Å². The number of likely N-dealkylation sites (tertiary alicyclic amines) is 1. The number of aromatic hydroxyl groups is 1. The summed E-state index contributed by atoms with van der Waals surface area (Å²) in [5.74, 6) is 0.589. The van der Waals surface area contributed by atoms with E-state index in [1.165, 1.54) is 7.11 Å². The van der Waals surface area contributed by atoms with E-state index >= 15 is 0 Å². The number of rotatable bonds is 6. The molecule has 1 fully saturated rings. The van der Waals surface area contributed by atoms with E-state index in [0.717, 1.165) is 37.4 Å². The van der Waals surface area contributed by atoms with Crippen molar-refractivity contribution in [3.8, 4) is 22.8 Å². The highest BCUT2D eigenvalue weighted by atomic mass is 16.5. The Morgan fingerprint density at radius 2 is 1.91 bits per heavy atom. The summed E-state index contributed by atoms with van der Waals surface area (Å²) < 4.78 is 11.0. The number of phenolic OH excluding ortho intramolecular Hbond substituents is 1. The van der Waals surface area contributed by atoms with E-state index in [1.807, 2.05) is 24.3 Å². The molecule has 0 radical (unpaired) electrons. The molecule has 0 aliphatic carbocycles. The average Bonchev–Trinajstić information content (AvgIpc) is 2.81. The summed E-state index contributed by atoms with van der Waals surface area (Å²) in [6.45, 7) is 2.08. The zero-order chi connectivity index (χ0) is 22.5. The molecule has 0 bridgehead atoms. The second kappa shape index (κ2) is 9.65. The van der Waals surface area contributed by atoms with Crippen LogP contribution in [0.25, 0.3) is 11.3 Å². The summed E-state index contributed by atoms with van der Waals surface area (Å²) in [7, 11) is 3.42. The van der Waals surface area contributed by atoms with Gasteiger partial charge in [0.15, 0.2) is 11.5 Å². The normalized spacial score (nSPS) is 14.7. The van der Waals surface area contributed by atoms with Crippen molar-refractivity contribution < 1.29 is 19.4 Å². The number of benzene rings is 2. The van der Waals surface area contributed by atoms with Gasteiger partial charge in [0, 0.05) is 24.3 Å². The Morgan fingerprint density at radius 1 is 1.16 bits per heavy atom. The molecule has 8 heteroatoms. The number of methoxy groups -OCH3 is 1. The number of nitrogens with zero attached hydrogens (tertiary/aromatic N) is 3. The fourth-order valence-electron chi connectivity index (χ4n) is 3.57. The van der Waals surface area contributed by atoms with Gasteiger partial charge in [0.1, 0.15) is 17.6 Å². The Labute approximate surface area is 186 Å². The van der Waals surface area contributed by atoms with E-state index in [9.17, 15) is 9.90 Å². The maximum atomic E-state index is 12.3. The number of anilines is 2. The van der Waals surface area contributed by atoms with E-state index in [-0.39, 0.29) is 23.4 Å². The molecule has 32 heavy (non-hydrogen) atoms. The highest BCUT2D eigenvalue weighted by molar-refractivity contribution is 5.93. The molecule has 4 rings (SSSR count). The molecule has 1 aliphatic heterocycles. The number of carbonyl (C=O) groups is 1. The molecule has 1 saturated heterocycles. The lowest BCUT2D eigenvalue weighted by Gasteiger charge is -2.29. The first kappa shape index (κ1) is 21.6. The number of ether oxygens (including phenoxy) is 2. The van der Waals surface area contributed by atoms with Crippen molar-refractivity contribution in [1.29, 1.82) is 0 Å². The molecular weight excluding hydrogens is 408 g/mol. The van der Waals surface area contributed by atoms with Crippen LogP contribution in [-0.2, 0) is 4.74 Å². The Bertz CT molecular complexity index is 1080. The van der Waals surface area contributed by atoms with Gasteiger partial charge in [0.05, 0.1) is 19.0 Å². The van der Waals surface area contributed by atoms with E-state index in [2.05, 4.69) is 27.2 Å². The van der Waals surface area contributed by atoms with Crippen molar-refractivity contribution in [2.45, 2.75) is 18.9 Å². The molecule has 3 aromatic rings. The smallest absolute Gasteiger partial charge is 0.360 e. The van der Waals surface area contributed by atoms with Gasteiger partial charge in [-0.3, -0.25) is 0 Å². The number of hydrogen-bond donors (Lipinski definition) is 2. The third-order valence-electron chi connectivity index (χ3n) is 5.38. The highest BCUT2D eigenvalue weighted by Crippen LogP contribution is 2.26. The number of esters is 1. The first-order valence-electron chi connectivity index (χ1n) is 10.5. The second-order valence-electron chi connectivity index (χ2n) is 7.76. The Kier molecular flexibility index (Phi) is 6.51. The van der Waals surface area contributed by atoms with Gasteiger partial charge in [-0.2, -0.15) is 0 Å². The van der Waals surface area contributed by atoms with Crippen LogP contribution in [0.3, 0.4) is 0 Å². The maximum absolute atomic E-state index is 12.3. The second-order valence-corrected chi connectivity index (χ2v) is 7.76. The maximum Gasteiger partial charge on any atom is 0.360 e. The van der Waals surface area contributed by atoms with Crippen molar-refractivity contribution in [2.75, 3.05) is 32.6 Å². The van der Waals surface area contributed by atoms with Gasteiger partial charge in [0.2, 0.25) is 0 Å². The average molecular weight is 434 g/mol. The number of hydrogen-bond acceptors (Lipinski definition) is 8. The number of phenols is 1. The fraction of sp³-hybridized carbons (Fsp3) is 0.292. The molecule has 0 atom stereocenters. The zero-order valence-electron chi connectivity index (χ0n) is 18.1. The highest BCUT2D eigenvalue weighted by Gasteiger charge is 2.19. The number of aromatic nitrogens is 2. The summed E-state index contributed by atoms with van der Waals surface area (Å²) in [5, 5.41) is 12.8. The molecule has 2 N–H and O–H groups in total. The van der Waals surface area contributed by atoms with Gasteiger partial charge in [-0.05, 0) is 56.3 Å². The first-order chi connectivity index (χ1) is 15.5. The van der Waals surface area contributed by atoms with Crippen LogP contribution in [0.4, 0.5) is 11.5 Å². The molecule has 0 amide bonds. The summed E-state index contributed by atoms with van der Waals surface area (Å²) in [4.78, 5) is 23.4. The molecule has 1 aliphatic rings. The minimum atomic E-state index is -0.607. The molecule has 0 spiro atoms. The fourth-order valence-corrected chi connectivity index (χ4v) is 3.57. The number of carbonyl (C=O) groups excluding carboxylic acids is 1. The van der Waals surface area contributed by atoms with E-state index in [0.29, 0.717) is 11.3 Å². The Hall–Kier alpha value is -3.65. The van der Waals surface area contributed by atoms with E-state index < -0.39 is 5.97 Å². The van der Waals surface area contributed by atoms with Gasteiger partial charge in [0.25, 0.3) is 0 Å². The first-order valence-corrected chi connectivity index (χ1v) is 10.5. The predicted octanol–water partition coefficient (Wildman–Crippen LogP) is 3.85. The molecule has 1 aromatic heterocycles. The quantitative estimate of drug-likeness (QED) is 0.565. The van der Waals surface area contributed by atoms with Crippen LogP contribution in [0.15, 0.2) is 54.7 Å². The van der Waals surface area contributed by atoms with Crippen molar-refractivity contribution >= 4 is 17.5 Å². The number of nitrogens with one attached hydrogen (secondary N) is 1. The van der Waals surface area contributed by atoms with Crippen molar-refractivity contribution in [2.24, 2.45) is 0 Å². The molecule has 0 unspecified atom stereocenters. The number of piperidine rings is 1. The van der Waals surface area contributed by atoms with Crippen LogP contribution < -0.4 is 10.1 Å². The molecule has 0 saturated carbocycles. The molecule has 8 nitrogen and oxygen atoms in total. The van der Waals surface area contributed by atoms with Gasteiger partial charge in [-0.1, -0.05) is 12.1 Å². The van der Waals surface area contributed by atoms with Crippen LogP contribution in [0.2, 0.25) is 0 Å². The molecular formula is C24H26N4O4. The third-order valence-corrected chi connectivity index (χ3v) is 5.38. The molecule has 2 heterocycles. The van der Waals surface area contributed by atoms with Crippen molar-refractivity contribution in [1.82, 2.24) is 14.9 Å². The van der Waals surface area contributed by atoms with Gasteiger partial charge >= 0.3 is 5.97 Å². The van der Waals surface area contributed by atoms with Gasteiger partial charge in [-0.25, -0.2) is 14.8 Å². The summed E-state index contributed by atoms with van der Waals surface area (Å²) in [6, 6.07) is 14.1. The molecule has 2 aromatic carbocycles. The van der Waals surface area contributed by atoms with Crippen molar-refractivity contribution in [3.63, 3.8) is 0 Å². The Morgan fingerprint density at radius 3 is 2.59 bits per heavy atom. The summed E-state index contributed by atoms with van der Waals surface area (Å²) in [5.41, 5.74) is 1.89. The SMILES string of the molecule is COC(=O)c1nc(-c2cccc(O)c2)cnc1Nc1ccc(OC2CCN(C)CC2)cc1. The minimum Gasteiger partial charge on any atom is -0.508 e. The lowest BCUT2D eigenvalue weighted by molar-refractivity contribution is 0.0595. The van der Waals surface area contributed by atoms with E-state index in [4.69, 9.17) is 9.47 Å². The lowest BCUT2D eigenvalue weighted by atomic mass is 10.1. The van der Waals surface area contributed by atoms with Crippen LogP contribution in [0, 0.1) is 0 Å². The minimum absolute atomic E-state index is 0.0556. The van der Waals surface area contributed by atoms with Crippen molar-refractivity contribution in [3.05, 3.63) is 60.4 Å². The van der Waals surface area contributed by atoms with Gasteiger partial charge < -0.3 is 24.8 Å². The Balaban J connectivity index is 1.51. The van der Waals surface area contributed by atoms with Crippen LogP contribution >= 0.6 is 0 Å². The third kappa shape index (κ3) is 5.15. The van der Waals surface area contributed by atoms with Crippen LogP contribution in [-0.4, -0.2) is 59.3 Å². The monoisotopic (exact) mass is 434 g/mol. The summed E-state index contributed by atoms with van der Waals surface area (Å²) in [6.07, 6.45) is 3.80. The summed E-state index contributed by atoms with van der Waals surface area (Å²) >= 11 is 0. The van der Waals surface area contributed by atoms with Gasteiger partial charge in [-0.15, -0.1) is 0 Å². The topological polar surface area (TPSA) is 96.8 Å². The zero-order valence-corrected chi connectivity index (χ0v) is 18.1. The molecule has 166 valence electrons. The largest absolute Gasteiger partial charge is 0.508 e. The van der Waals surface area contributed by atoms with Crippen LogP contribution in [0.5, 0.6) is 11.5 Å². The lowest BCUT2D eigenvalue weighted by Crippen LogP contribution is -2.35. The van der Waals surface area contributed by atoms with E-state index in [1.54, 1.807) is 30.5 Å². The standard InChI is InChI=1S/C24H26N4O4/c1-28-12-10-20(11-13-28)32-19-8-6-17(7-9-19)26-23-22(24(30)31-2)27-21(15-25-23)16-4-3-5-18(29)14-16/h3-9,14-15,20,29H,10-13H2,1-2H3,(H,25,26). The predicted molar refractivity (Wildman–Crippen MR) is 121 cm³/mol.